The summed E-state index contributed by atoms with van der Waals surface area (Å²) in [5.41, 5.74) is 0.280. The Kier molecular flexibility index (Phi) is 1.33. The van der Waals surface area contributed by atoms with Crippen molar-refractivity contribution in [2.75, 3.05) is 0 Å². The van der Waals surface area contributed by atoms with Crippen LogP contribution in [0.1, 0.15) is 10.5 Å². The molecular weight excluding hydrogens is 158 g/mol. The minimum absolute atomic E-state index is 0.0440. The highest BCUT2D eigenvalue weighted by Gasteiger charge is 2.11. The second-order valence-corrected chi connectivity index (χ2v) is 2.30. The van der Waals surface area contributed by atoms with Crippen molar-refractivity contribution in [1.29, 1.82) is 0 Å². The first-order valence-electron chi connectivity index (χ1n) is 3.34. The van der Waals surface area contributed by atoms with Gasteiger partial charge in [-0.05, 0) is 12.1 Å². The Morgan fingerprint density at radius 3 is 3.08 bits per heavy atom. The first kappa shape index (κ1) is 6.84. The van der Waals surface area contributed by atoms with Gasteiger partial charge in [-0.1, -0.05) is 0 Å². The number of hydrogen-bond acceptors (Lipinski definition) is 3. The van der Waals surface area contributed by atoms with Crippen molar-refractivity contribution in [3.63, 3.8) is 0 Å². The number of aromatic carboxylic acids is 1. The Bertz CT molecular complexity index is 433. The standard InChI is InChI=1S/C8H5NO3/c10-8(11)6-7-5(1-3-9-6)2-4-12-7/h1-4H,(H,10,11). The largest absolute Gasteiger partial charge is 0.476 e. The van der Waals surface area contributed by atoms with Crippen LogP contribution in [-0.2, 0) is 0 Å². The van der Waals surface area contributed by atoms with Gasteiger partial charge in [-0.3, -0.25) is 0 Å². The molecule has 12 heavy (non-hydrogen) atoms. The molecule has 0 saturated heterocycles. The lowest BCUT2D eigenvalue weighted by atomic mass is 10.2. The van der Waals surface area contributed by atoms with E-state index in [0.29, 0.717) is 5.58 Å². The van der Waals surface area contributed by atoms with Gasteiger partial charge in [-0.25, -0.2) is 9.78 Å². The summed E-state index contributed by atoms with van der Waals surface area (Å²) in [4.78, 5) is 14.3. The first-order valence-corrected chi connectivity index (χ1v) is 3.34. The van der Waals surface area contributed by atoms with E-state index in [2.05, 4.69) is 4.98 Å². The third-order valence-electron chi connectivity index (χ3n) is 1.57. The summed E-state index contributed by atoms with van der Waals surface area (Å²) >= 11 is 0. The van der Waals surface area contributed by atoms with E-state index in [0.717, 1.165) is 5.39 Å². The number of rotatable bonds is 1. The van der Waals surface area contributed by atoms with Crippen molar-refractivity contribution in [2.24, 2.45) is 0 Å². The van der Waals surface area contributed by atoms with E-state index in [1.807, 2.05) is 0 Å². The van der Waals surface area contributed by atoms with Crippen LogP contribution in [0.25, 0.3) is 11.0 Å². The number of fused-ring (bicyclic) bond motifs is 1. The number of carboxylic acids is 1. The molecular formula is C8H5NO3. The summed E-state index contributed by atoms with van der Waals surface area (Å²) in [5.74, 6) is -1.07. The molecule has 0 radical (unpaired) electrons. The lowest BCUT2D eigenvalue weighted by molar-refractivity contribution is 0.0691. The summed E-state index contributed by atoms with van der Waals surface area (Å²) in [6, 6.07) is 3.40. The molecule has 4 heteroatoms. The molecule has 0 spiro atoms. The number of pyridine rings is 1. The van der Waals surface area contributed by atoms with E-state index in [9.17, 15) is 4.79 Å². The molecule has 1 N–H and O–H groups in total. The molecule has 2 heterocycles. The maximum absolute atomic E-state index is 10.6. The van der Waals surface area contributed by atoms with Crippen LogP contribution in [0, 0.1) is 0 Å². The second-order valence-electron chi connectivity index (χ2n) is 2.30. The number of hydrogen-bond donors (Lipinski definition) is 1. The predicted molar refractivity (Wildman–Crippen MR) is 41.0 cm³/mol. The van der Waals surface area contributed by atoms with Crippen LogP contribution in [-0.4, -0.2) is 16.1 Å². The van der Waals surface area contributed by atoms with Crippen LogP contribution >= 0.6 is 0 Å². The molecule has 0 bridgehead atoms. The molecule has 0 atom stereocenters. The molecule has 0 saturated carbocycles. The highest BCUT2D eigenvalue weighted by atomic mass is 16.4. The Morgan fingerprint density at radius 1 is 1.50 bits per heavy atom. The fourth-order valence-corrected chi connectivity index (χ4v) is 1.05. The highest BCUT2D eigenvalue weighted by molar-refractivity contribution is 5.98. The molecule has 60 valence electrons. The third kappa shape index (κ3) is 0.852. The third-order valence-corrected chi connectivity index (χ3v) is 1.57. The maximum atomic E-state index is 10.6. The van der Waals surface area contributed by atoms with Crippen molar-refractivity contribution < 1.29 is 14.3 Å². The molecule has 4 nitrogen and oxygen atoms in total. The normalized spacial score (nSPS) is 10.3. The van der Waals surface area contributed by atoms with Gasteiger partial charge in [0.1, 0.15) is 0 Å². The summed E-state index contributed by atoms with van der Waals surface area (Å²) in [6.07, 6.45) is 2.89. The lowest BCUT2D eigenvalue weighted by Gasteiger charge is -1.92. The topological polar surface area (TPSA) is 63.3 Å². The van der Waals surface area contributed by atoms with Gasteiger partial charge in [-0.15, -0.1) is 0 Å². The van der Waals surface area contributed by atoms with Gasteiger partial charge in [0.25, 0.3) is 0 Å². The zero-order valence-electron chi connectivity index (χ0n) is 6.02. The Balaban J connectivity index is 2.82. The van der Waals surface area contributed by atoms with E-state index in [1.54, 1.807) is 12.1 Å². The summed E-state index contributed by atoms with van der Waals surface area (Å²) in [5, 5.41) is 9.43. The average molecular weight is 163 g/mol. The van der Waals surface area contributed by atoms with Crippen molar-refractivity contribution in [3.05, 3.63) is 30.3 Å². The van der Waals surface area contributed by atoms with E-state index in [-0.39, 0.29) is 5.69 Å². The van der Waals surface area contributed by atoms with Crippen molar-refractivity contribution in [1.82, 2.24) is 4.98 Å². The van der Waals surface area contributed by atoms with Crippen molar-refractivity contribution in [3.8, 4) is 0 Å². The Labute approximate surface area is 67.4 Å². The minimum Gasteiger partial charge on any atom is -0.476 e. The van der Waals surface area contributed by atoms with Gasteiger partial charge in [-0.2, -0.15) is 0 Å². The average Bonchev–Trinajstić information content (AvgIpc) is 2.49. The van der Waals surface area contributed by atoms with Crippen LogP contribution in [0.4, 0.5) is 0 Å². The second kappa shape index (κ2) is 2.34. The number of carboxylic acid groups (broad SMARTS) is 1. The highest BCUT2D eigenvalue weighted by Crippen LogP contribution is 2.17. The van der Waals surface area contributed by atoms with E-state index < -0.39 is 5.97 Å². The van der Waals surface area contributed by atoms with Crippen LogP contribution in [0.5, 0.6) is 0 Å². The summed E-state index contributed by atoms with van der Waals surface area (Å²) in [7, 11) is 0. The minimum atomic E-state index is -1.07. The molecule has 0 fully saturated rings. The van der Waals surface area contributed by atoms with Crippen molar-refractivity contribution in [2.45, 2.75) is 0 Å². The van der Waals surface area contributed by atoms with Gasteiger partial charge in [0.05, 0.1) is 6.26 Å². The van der Waals surface area contributed by atoms with Crippen LogP contribution in [0.2, 0.25) is 0 Å². The molecule has 0 unspecified atom stereocenters. The summed E-state index contributed by atoms with van der Waals surface area (Å²) in [6.45, 7) is 0. The molecule has 0 amide bonds. The molecule has 0 aliphatic rings. The van der Waals surface area contributed by atoms with Gasteiger partial charge < -0.3 is 9.52 Å². The Morgan fingerprint density at radius 2 is 2.33 bits per heavy atom. The SMILES string of the molecule is O=C(O)c1nccc2ccoc12. The van der Waals surface area contributed by atoms with Gasteiger partial charge in [0, 0.05) is 11.6 Å². The first-order chi connectivity index (χ1) is 5.79. The monoisotopic (exact) mass is 163 g/mol. The molecule has 0 aromatic carbocycles. The van der Waals surface area contributed by atoms with Crippen LogP contribution < -0.4 is 0 Å². The fraction of sp³-hybridized carbons (Fsp3) is 0. The van der Waals surface area contributed by atoms with E-state index >= 15 is 0 Å². The van der Waals surface area contributed by atoms with E-state index in [4.69, 9.17) is 9.52 Å². The lowest BCUT2D eigenvalue weighted by Crippen LogP contribution is -1.99. The zero-order valence-corrected chi connectivity index (χ0v) is 6.02. The zero-order chi connectivity index (χ0) is 8.55. The molecule has 0 aliphatic carbocycles. The summed E-state index contributed by atoms with van der Waals surface area (Å²) < 4.78 is 4.97. The van der Waals surface area contributed by atoms with Crippen LogP contribution in [0.15, 0.2) is 29.0 Å². The van der Waals surface area contributed by atoms with Gasteiger partial charge >= 0.3 is 5.97 Å². The molecule has 2 aromatic rings. The number of furan rings is 1. The fourth-order valence-electron chi connectivity index (χ4n) is 1.05. The number of carbonyl (C=O) groups is 1. The van der Waals surface area contributed by atoms with Gasteiger partial charge in [0.15, 0.2) is 11.3 Å². The molecule has 2 aromatic heterocycles. The molecule has 0 aliphatic heterocycles. The van der Waals surface area contributed by atoms with Crippen LogP contribution in [0.3, 0.4) is 0 Å². The number of nitrogens with zero attached hydrogens (tertiary/aromatic N) is 1. The molecule has 2 rings (SSSR count). The number of aromatic nitrogens is 1. The van der Waals surface area contributed by atoms with Gasteiger partial charge in [0.2, 0.25) is 0 Å². The predicted octanol–water partition coefficient (Wildman–Crippen LogP) is 1.53. The Hall–Kier alpha value is -1.84. The van der Waals surface area contributed by atoms with Crippen molar-refractivity contribution >= 4 is 16.9 Å². The maximum Gasteiger partial charge on any atom is 0.358 e. The smallest absolute Gasteiger partial charge is 0.358 e. The quantitative estimate of drug-likeness (QED) is 0.692. The van der Waals surface area contributed by atoms with E-state index in [1.165, 1.54) is 12.5 Å².